The number of hydrogen-bond acceptors (Lipinski definition) is 2. The third kappa shape index (κ3) is 1.81. The van der Waals surface area contributed by atoms with E-state index in [0.29, 0.717) is 12.2 Å². The molecule has 0 radical (unpaired) electrons. The Balaban J connectivity index is 2.31. The zero-order chi connectivity index (χ0) is 7.40. The van der Waals surface area contributed by atoms with E-state index in [1.807, 2.05) is 6.92 Å². The van der Waals surface area contributed by atoms with Crippen molar-refractivity contribution in [2.45, 2.75) is 38.6 Å². The molecule has 1 atom stereocenters. The van der Waals surface area contributed by atoms with Crippen LogP contribution in [0.2, 0.25) is 0 Å². The Morgan fingerprint density at radius 1 is 1.60 bits per heavy atom. The third-order valence-electron chi connectivity index (χ3n) is 2.05. The summed E-state index contributed by atoms with van der Waals surface area (Å²) in [5.74, 6) is 0.375. The lowest BCUT2D eigenvalue weighted by Gasteiger charge is -2.21. The van der Waals surface area contributed by atoms with Gasteiger partial charge >= 0.3 is 0 Å². The summed E-state index contributed by atoms with van der Waals surface area (Å²) in [4.78, 5) is 11.1. The van der Waals surface area contributed by atoms with Gasteiger partial charge < -0.3 is 5.32 Å². The molecule has 1 aliphatic heterocycles. The van der Waals surface area contributed by atoms with Crippen molar-refractivity contribution in [2.75, 3.05) is 6.54 Å². The Morgan fingerprint density at radius 3 is 2.90 bits per heavy atom. The minimum absolute atomic E-state index is 0.179. The molecule has 0 aromatic heterocycles. The summed E-state index contributed by atoms with van der Waals surface area (Å²) in [5, 5.41) is 3.22. The van der Waals surface area contributed by atoms with Crippen molar-refractivity contribution in [1.29, 1.82) is 0 Å². The van der Waals surface area contributed by atoms with Gasteiger partial charge in [-0.3, -0.25) is 4.79 Å². The summed E-state index contributed by atoms with van der Waals surface area (Å²) in [5.41, 5.74) is 0. The molecule has 58 valence electrons. The van der Waals surface area contributed by atoms with E-state index in [0.717, 1.165) is 13.0 Å². The fraction of sp³-hybridized carbons (Fsp3) is 0.875. The molecule has 1 fully saturated rings. The van der Waals surface area contributed by atoms with Crippen LogP contribution in [-0.4, -0.2) is 18.4 Å². The molecule has 1 unspecified atom stereocenters. The first kappa shape index (κ1) is 7.73. The van der Waals surface area contributed by atoms with Crippen LogP contribution in [0.1, 0.15) is 32.6 Å². The Hall–Kier alpha value is -0.370. The highest BCUT2D eigenvalue weighted by Crippen LogP contribution is 2.08. The normalized spacial score (nSPS) is 26.3. The third-order valence-corrected chi connectivity index (χ3v) is 2.05. The monoisotopic (exact) mass is 141 g/mol. The molecule has 1 N–H and O–H groups in total. The van der Waals surface area contributed by atoms with E-state index in [9.17, 15) is 4.79 Å². The van der Waals surface area contributed by atoms with Gasteiger partial charge in [-0.2, -0.15) is 0 Å². The summed E-state index contributed by atoms with van der Waals surface area (Å²) in [6.45, 7) is 2.95. The highest BCUT2D eigenvalue weighted by molar-refractivity contribution is 5.83. The molecular weight excluding hydrogens is 126 g/mol. The van der Waals surface area contributed by atoms with Crippen LogP contribution >= 0.6 is 0 Å². The summed E-state index contributed by atoms with van der Waals surface area (Å²) < 4.78 is 0. The van der Waals surface area contributed by atoms with Crippen molar-refractivity contribution >= 4 is 5.78 Å². The van der Waals surface area contributed by atoms with Gasteiger partial charge in [0, 0.05) is 6.42 Å². The van der Waals surface area contributed by atoms with Crippen LogP contribution in [0.5, 0.6) is 0 Å². The Kier molecular flexibility index (Phi) is 2.87. The molecule has 2 heteroatoms. The standard InChI is InChI=1S/C8H15NO/c1-2-8(10)7-5-3-4-6-9-7/h7,9H,2-6H2,1H3. The van der Waals surface area contributed by atoms with E-state index >= 15 is 0 Å². The van der Waals surface area contributed by atoms with Crippen molar-refractivity contribution in [2.24, 2.45) is 0 Å². The zero-order valence-corrected chi connectivity index (χ0v) is 6.52. The summed E-state index contributed by atoms with van der Waals surface area (Å²) in [6, 6.07) is 0.179. The number of hydrogen-bond donors (Lipinski definition) is 1. The summed E-state index contributed by atoms with van der Waals surface area (Å²) >= 11 is 0. The quantitative estimate of drug-likeness (QED) is 0.624. The lowest BCUT2D eigenvalue weighted by molar-refractivity contribution is -0.121. The lowest BCUT2D eigenvalue weighted by Crippen LogP contribution is -2.39. The first-order valence-electron chi connectivity index (χ1n) is 4.10. The second kappa shape index (κ2) is 3.71. The van der Waals surface area contributed by atoms with Gasteiger partial charge in [-0.15, -0.1) is 0 Å². The second-order valence-electron chi connectivity index (χ2n) is 2.82. The molecule has 0 aliphatic carbocycles. The number of piperidine rings is 1. The minimum Gasteiger partial charge on any atom is -0.307 e. The number of ketones is 1. The number of carbonyl (C=O) groups is 1. The summed E-state index contributed by atoms with van der Waals surface area (Å²) in [6.07, 6.45) is 4.17. The van der Waals surface area contributed by atoms with Gasteiger partial charge in [0.05, 0.1) is 6.04 Å². The van der Waals surface area contributed by atoms with Gasteiger partial charge in [0.1, 0.15) is 5.78 Å². The molecule has 0 amide bonds. The molecule has 0 aromatic carbocycles. The highest BCUT2D eigenvalue weighted by Gasteiger charge is 2.17. The zero-order valence-electron chi connectivity index (χ0n) is 6.52. The van der Waals surface area contributed by atoms with Crippen molar-refractivity contribution in [3.05, 3.63) is 0 Å². The number of nitrogens with one attached hydrogen (secondary N) is 1. The maximum absolute atomic E-state index is 11.1. The van der Waals surface area contributed by atoms with Crippen LogP contribution in [0.4, 0.5) is 0 Å². The van der Waals surface area contributed by atoms with Gasteiger partial charge in [0.2, 0.25) is 0 Å². The molecule has 1 aliphatic rings. The van der Waals surface area contributed by atoms with E-state index in [2.05, 4.69) is 5.32 Å². The van der Waals surface area contributed by atoms with Crippen LogP contribution < -0.4 is 5.32 Å². The number of carbonyl (C=O) groups excluding carboxylic acids is 1. The van der Waals surface area contributed by atoms with Gasteiger partial charge in [-0.1, -0.05) is 13.3 Å². The van der Waals surface area contributed by atoms with Gasteiger partial charge in [0.25, 0.3) is 0 Å². The van der Waals surface area contributed by atoms with Crippen LogP contribution in [0.15, 0.2) is 0 Å². The molecule has 1 saturated heterocycles. The Morgan fingerprint density at radius 2 is 2.40 bits per heavy atom. The van der Waals surface area contributed by atoms with E-state index in [-0.39, 0.29) is 6.04 Å². The van der Waals surface area contributed by atoms with E-state index in [4.69, 9.17) is 0 Å². The average Bonchev–Trinajstić information content (AvgIpc) is 2.05. The van der Waals surface area contributed by atoms with Crippen molar-refractivity contribution < 1.29 is 4.79 Å². The van der Waals surface area contributed by atoms with Crippen LogP contribution in [-0.2, 0) is 4.79 Å². The van der Waals surface area contributed by atoms with E-state index in [1.54, 1.807) is 0 Å². The molecule has 1 rings (SSSR count). The Labute approximate surface area is 62.0 Å². The number of Topliss-reactive ketones (excluding diaryl/α,β-unsaturated/α-hetero) is 1. The maximum Gasteiger partial charge on any atom is 0.149 e. The first-order valence-corrected chi connectivity index (χ1v) is 4.10. The van der Waals surface area contributed by atoms with E-state index < -0.39 is 0 Å². The topological polar surface area (TPSA) is 29.1 Å². The molecule has 0 spiro atoms. The molecule has 0 saturated carbocycles. The lowest BCUT2D eigenvalue weighted by atomic mass is 10.00. The maximum atomic E-state index is 11.1. The Bertz CT molecular complexity index is 116. The fourth-order valence-electron chi connectivity index (χ4n) is 1.37. The second-order valence-corrected chi connectivity index (χ2v) is 2.82. The highest BCUT2D eigenvalue weighted by atomic mass is 16.1. The minimum atomic E-state index is 0.179. The fourth-order valence-corrected chi connectivity index (χ4v) is 1.37. The van der Waals surface area contributed by atoms with E-state index in [1.165, 1.54) is 12.8 Å². The molecule has 0 aromatic rings. The van der Waals surface area contributed by atoms with Gasteiger partial charge in [-0.05, 0) is 19.4 Å². The van der Waals surface area contributed by atoms with Crippen LogP contribution in [0.3, 0.4) is 0 Å². The average molecular weight is 141 g/mol. The molecule has 0 bridgehead atoms. The van der Waals surface area contributed by atoms with Crippen LogP contribution in [0, 0.1) is 0 Å². The SMILES string of the molecule is CCC(=O)C1CCCCN1. The number of rotatable bonds is 2. The molecular formula is C8H15NO. The van der Waals surface area contributed by atoms with Crippen molar-refractivity contribution in [3.8, 4) is 0 Å². The van der Waals surface area contributed by atoms with Gasteiger partial charge in [-0.25, -0.2) is 0 Å². The molecule has 2 nitrogen and oxygen atoms in total. The molecule has 1 heterocycles. The molecule has 10 heavy (non-hydrogen) atoms. The smallest absolute Gasteiger partial charge is 0.149 e. The first-order chi connectivity index (χ1) is 4.84. The summed E-state index contributed by atoms with van der Waals surface area (Å²) in [7, 11) is 0. The predicted octanol–water partition coefficient (Wildman–Crippen LogP) is 1.11. The van der Waals surface area contributed by atoms with Crippen molar-refractivity contribution in [1.82, 2.24) is 5.32 Å². The van der Waals surface area contributed by atoms with Gasteiger partial charge in [0.15, 0.2) is 0 Å². The van der Waals surface area contributed by atoms with Crippen LogP contribution in [0.25, 0.3) is 0 Å². The van der Waals surface area contributed by atoms with Crippen molar-refractivity contribution in [3.63, 3.8) is 0 Å². The largest absolute Gasteiger partial charge is 0.307 e. The predicted molar refractivity (Wildman–Crippen MR) is 40.9 cm³/mol.